The van der Waals surface area contributed by atoms with Crippen molar-refractivity contribution in [3.05, 3.63) is 35.1 Å². The molecule has 0 atom stereocenters. The minimum absolute atomic E-state index is 0.181. The molecule has 3 heteroatoms. The summed E-state index contributed by atoms with van der Waals surface area (Å²) in [4.78, 5) is 14.6. The van der Waals surface area contributed by atoms with Crippen molar-refractivity contribution >= 4 is 6.08 Å². The number of aliphatic imine (C=N–C) groups is 1. The molecular formula is C14H16FNO. The Bertz CT molecular complexity index is 457. The highest BCUT2D eigenvalue weighted by Crippen LogP contribution is 2.42. The van der Waals surface area contributed by atoms with Gasteiger partial charge in [-0.3, -0.25) is 0 Å². The van der Waals surface area contributed by atoms with Crippen LogP contribution in [-0.4, -0.2) is 6.08 Å². The molecule has 1 fully saturated rings. The summed E-state index contributed by atoms with van der Waals surface area (Å²) >= 11 is 0. The van der Waals surface area contributed by atoms with E-state index in [4.69, 9.17) is 0 Å². The average molecular weight is 233 g/mol. The SMILES string of the molecule is CCc1cc(C2(N=C=O)CCCC2)ccc1F. The standard InChI is InChI=1S/C14H16FNO/c1-2-11-9-12(5-6-13(11)15)14(16-10-17)7-3-4-8-14/h5-6,9H,2-4,7-8H2,1H3. The van der Waals surface area contributed by atoms with E-state index in [1.54, 1.807) is 12.1 Å². The lowest BCUT2D eigenvalue weighted by Crippen LogP contribution is -2.19. The molecular weight excluding hydrogens is 217 g/mol. The third kappa shape index (κ3) is 2.16. The normalized spacial score (nSPS) is 17.8. The lowest BCUT2D eigenvalue weighted by Gasteiger charge is -2.23. The van der Waals surface area contributed by atoms with E-state index in [0.717, 1.165) is 31.2 Å². The second kappa shape index (κ2) is 4.80. The van der Waals surface area contributed by atoms with Crippen molar-refractivity contribution in [2.45, 2.75) is 44.6 Å². The second-order valence-electron chi connectivity index (χ2n) is 4.60. The summed E-state index contributed by atoms with van der Waals surface area (Å²) in [6.07, 6.45) is 6.17. The number of aryl methyl sites for hydroxylation is 1. The summed E-state index contributed by atoms with van der Waals surface area (Å²) in [5.74, 6) is -0.181. The van der Waals surface area contributed by atoms with Crippen LogP contribution in [-0.2, 0) is 16.8 Å². The predicted molar refractivity (Wildman–Crippen MR) is 64.0 cm³/mol. The van der Waals surface area contributed by atoms with Gasteiger partial charge in [-0.15, -0.1) is 0 Å². The van der Waals surface area contributed by atoms with Crippen LogP contribution >= 0.6 is 0 Å². The lowest BCUT2D eigenvalue weighted by atomic mass is 9.87. The van der Waals surface area contributed by atoms with Gasteiger partial charge in [0.1, 0.15) is 5.82 Å². The van der Waals surface area contributed by atoms with Gasteiger partial charge in [0.2, 0.25) is 6.08 Å². The van der Waals surface area contributed by atoms with E-state index in [0.29, 0.717) is 12.0 Å². The molecule has 1 aliphatic rings. The van der Waals surface area contributed by atoms with E-state index in [9.17, 15) is 9.18 Å². The molecule has 90 valence electrons. The molecule has 2 rings (SSSR count). The molecule has 2 nitrogen and oxygen atoms in total. The Morgan fingerprint density at radius 1 is 1.41 bits per heavy atom. The van der Waals surface area contributed by atoms with Gasteiger partial charge in [0.05, 0.1) is 5.54 Å². The van der Waals surface area contributed by atoms with Gasteiger partial charge < -0.3 is 0 Å². The Balaban J connectivity index is 2.46. The maximum atomic E-state index is 13.5. The van der Waals surface area contributed by atoms with Gasteiger partial charge in [-0.1, -0.05) is 31.9 Å². The molecule has 17 heavy (non-hydrogen) atoms. The van der Waals surface area contributed by atoms with Crippen molar-refractivity contribution in [2.75, 3.05) is 0 Å². The molecule has 0 spiro atoms. The largest absolute Gasteiger partial charge is 0.235 e. The summed E-state index contributed by atoms with van der Waals surface area (Å²) in [5.41, 5.74) is 1.20. The van der Waals surface area contributed by atoms with E-state index in [1.165, 1.54) is 6.07 Å². The number of halogens is 1. The molecule has 1 saturated carbocycles. The minimum atomic E-state index is -0.445. The lowest BCUT2D eigenvalue weighted by molar-refractivity contribution is 0.454. The molecule has 0 amide bonds. The van der Waals surface area contributed by atoms with Crippen molar-refractivity contribution in [1.82, 2.24) is 0 Å². The molecule has 0 aromatic heterocycles. The third-order valence-electron chi connectivity index (χ3n) is 3.65. The van der Waals surface area contributed by atoms with Crippen LogP contribution in [0.5, 0.6) is 0 Å². The molecule has 0 saturated heterocycles. The van der Waals surface area contributed by atoms with Crippen molar-refractivity contribution in [3.8, 4) is 0 Å². The van der Waals surface area contributed by atoms with Gasteiger partial charge in [-0.25, -0.2) is 9.18 Å². The van der Waals surface area contributed by atoms with Crippen LogP contribution in [0.15, 0.2) is 23.2 Å². The van der Waals surface area contributed by atoms with Gasteiger partial charge in [-0.05, 0) is 36.5 Å². The van der Waals surface area contributed by atoms with Gasteiger partial charge in [0, 0.05) is 0 Å². The number of carbonyl (C=O) groups excluding carboxylic acids is 1. The topological polar surface area (TPSA) is 29.4 Å². The van der Waals surface area contributed by atoms with Crippen LogP contribution in [0.4, 0.5) is 4.39 Å². The Morgan fingerprint density at radius 3 is 2.71 bits per heavy atom. The van der Waals surface area contributed by atoms with Crippen LogP contribution in [0.25, 0.3) is 0 Å². The number of nitrogens with zero attached hydrogens (tertiary/aromatic N) is 1. The fraction of sp³-hybridized carbons (Fsp3) is 0.500. The zero-order valence-electron chi connectivity index (χ0n) is 10.0. The summed E-state index contributed by atoms with van der Waals surface area (Å²) in [6, 6.07) is 5.08. The monoisotopic (exact) mass is 233 g/mol. The zero-order chi connectivity index (χ0) is 12.3. The minimum Gasteiger partial charge on any atom is -0.211 e. The quantitative estimate of drug-likeness (QED) is 0.580. The number of hydrogen-bond donors (Lipinski definition) is 0. The number of isocyanates is 1. The highest BCUT2D eigenvalue weighted by molar-refractivity contribution is 5.40. The first-order chi connectivity index (χ1) is 8.22. The Labute approximate surface area is 101 Å². The van der Waals surface area contributed by atoms with Crippen LogP contribution in [0, 0.1) is 5.82 Å². The Morgan fingerprint density at radius 2 is 2.12 bits per heavy atom. The van der Waals surface area contributed by atoms with Crippen molar-refractivity contribution < 1.29 is 9.18 Å². The Hall–Kier alpha value is -1.47. The molecule has 1 aromatic rings. The molecule has 0 bridgehead atoms. The van der Waals surface area contributed by atoms with Crippen molar-refractivity contribution in [1.29, 1.82) is 0 Å². The molecule has 0 aliphatic heterocycles. The van der Waals surface area contributed by atoms with Crippen molar-refractivity contribution in [2.24, 2.45) is 4.99 Å². The first-order valence-corrected chi connectivity index (χ1v) is 6.10. The van der Waals surface area contributed by atoms with Crippen LogP contribution in [0.2, 0.25) is 0 Å². The smallest absolute Gasteiger partial charge is 0.211 e. The maximum Gasteiger partial charge on any atom is 0.235 e. The van der Waals surface area contributed by atoms with Gasteiger partial charge in [0.15, 0.2) is 0 Å². The fourth-order valence-corrected chi connectivity index (χ4v) is 2.65. The van der Waals surface area contributed by atoms with Gasteiger partial charge in [0.25, 0.3) is 0 Å². The second-order valence-corrected chi connectivity index (χ2v) is 4.60. The third-order valence-corrected chi connectivity index (χ3v) is 3.65. The number of rotatable bonds is 3. The molecule has 0 N–H and O–H groups in total. The predicted octanol–water partition coefficient (Wildman–Crippen LogP) is 3.49. The zero-order valence-corrected chi connectivity index (χ0v) is 10.0. The summed E-state index contributed by atoms with van der Waals surface area (Å²) < 4.78 is 13.5. The first-order valence-electron chi connectivity index (χ1n) is 6.10. The van der Waals surface area contributed by atoms with E-state index in [2.05, 4.69) is 4.99 Å². The van der Waals surface area contributed by atoms with Gasteiger partial charge in [-0.2, -0.15) is 4.99 Å². The highest BCUT2D eigenvalue weighted by Gasteiger charge is 2.35. The van der Waals surface area contributed by atoms with Crippen LogP contribution in [0.1, 0.15) is 43.7 Å². The van der Waals surface area contributed by atoms with E-state index in [-0.39, 0.29) is 5.82 Å². The fourth-order valence-electron chi connectivity index (χ4n) is 2.65. The van der Waals surface area contributed by atoms with E-state index >= 15 is 0 Å². The van der Waals surface area contributed by atoms with Crippen LogP contribution < -0.4 is 0 Å². The summed E-state index contributed by atoms with van der Waals surface area (Å²) in [6.45, 7) is 1.92. The Kier molecular flexibility index (Phi) is 3.39. The van der Waals surface area contributed by atoms with Crippen molar-refractivity contribution in [3.63, 3.8) is 0 Å². The van der Waals surface area contributed by atoms with E-state index < -0.39 is 5.54 Å². The molecule has 1 aliphatic carbocycles. The highest BCUT2D eigenvalue weighted by atomic mass is 19.1. The summed E-state index contributed by atoms with van der Waals surface area (Å²) in [7, 11) is 0. The van der Waals surface area contributed by atoms with Crippen LogP contribution in [0.3, 0.4) is 0 Å². The summed E-state index contributed by atoms with van der Waals surface area (Å²) in [5, 5.41) is 0. The molecule has 0 heterocycles. The average Bonchev–Trinajstić information content (AvgIpc) is 2.80. The van der Waals surface area contributed by atoms with E-state index in [1.807, 2.05) is 13.0 Å². The number of benzene rings is 1. The molecule has 0 radical (unpaired) electrons. The maximum absolute atomic E-state index is 13.5. The molecule has 1 aromatic carbocycles. The van der Waals surface area contributed by atoms with Gasteiger partial charge >= 0.3 is 0 Å². The first kappa shape index (κ1) is 12.0. The number of hydrogen-bond acceptors (Lipinski definition) is 2. The molecule has 0 unspecified atom stereocenters.